The van der Waals surface area contributed by atoms with E-state index in [4.69, 9.17) is 9.90 Å². The van der Waals surface area contributed by atoms with Gasteiger partial charge in [-0.2, -0.15) is 26.3 Å². The normalized spacial score (nSPS) is 15.8. The predicted molar refractivity (Wildman–Crippen MR) is 132 cm³/mol. The number of halogens is 6. The number of aromatic hydroxyl groups is 1. The number of nitrogens with zero attached hydrogens (tertiary/aromatic N) is 3. The minimum atomic E-state index is -5.58. The van der Waals surface area contributed by atoms with Crippen molar-refractivity contribution in [3.05, 3.63) is 84.2 Å². The first kappa shape index (κ1) is 31.9. The van der Waals surface area contributed by atoms with E-state index in [0.717, 1.165) is 17.0 Å². The van der Waals surface area contributed by atoms with Crippen LogP contribution in [0.3, 0.4) is 0 Å². The van der Waals surface area contributed by atoms with Crippen LogP contribution >= 0.6 is 0 Å². The highest BCUT2D eigenvalue weighted by Crippen LogP contribution is 2.33. The number of phenols is 1. The van der Waals surface area contributed by atoms with E-state index in [2.05, 4.69) is 4.98 Å². The third-order valence-corrected chi connectivity index (χ3v) is 7.24. The fraction of sp³-hybridized carbons (Fsp3) is 0.200. The number of sulfone groups is 1. The van der Waals surface area contributed by atoms with Crippen LogP contribution in [0.4, 0.5) is 36.8 Å². The molecular weight excluding hydrogens is 600 g/mol. The van der Waals surface area contributed by atoms with Gasteiger partial charge in [0.05, 0.1) is 10.6 Å². The van der Waals surface area contributed by atoms with Gasteiger partial charge >= 0.3 is 23.7 Å². The molecule has 10 nitrogen and oxygen atoms in total. The number of pyridine rings is 1. The maximum atomic E-state index is 13.3. The molecule has 3 aromatic rings. The zero-order valence-corrected chi connectivity index (χ0v) is 21.7. The molecule has 1 atom stereocenters. The van der Waals surface area contributed by atoms with Crippen molar-refractivity contribution in [1.82, 2.24) is 9.88 Å². The van der Waals surface area contributed by atoms with Gasteiger partial charge in [0.1, 0.15) is 11.8 Å². The van der Waals surface area contributed by atoms with E-state index in [0.29, 0.717) is 23.3 Å². The Balaban J connectivity index is 0.000000616. The van der Waals surface area contributed by atoms with Crippen molar-refractivity contribution < 1.29 is 59.4 Å². The molecule has 3 amide bonds. The third kappa shape index (κ3) is 7.15. The average Bonchev–Trinajstić information content (AvgIpc) is 3.13. The van der Waals surface area contributed by atoms with Crippen LogP contribution in [0.25, 0.3) is 0 Å². The third-order valence-electron chi connectivity index (χ3n) is 5.74. The van der Waals surface area contributed by atoms with Gasteiger partial charge < -0.3 is 15.1 Å². The number of benzene rings is 2. The summed E-state index contributed by atoms with van der Waals surface area (Å²) >= 11 is 0. The number of rotatable bonds is 6. The first-order valence-electron chi connectivity index (χ1n) is 11.5. The van der Waals surface area contributed by atoms with Crippen LogP contribution in [0.2, 0.25) is 0 Å². The molecule has 4 rings (SSSR count). The number of urea groups is 1. The van der Waals surface area contributed by atoms with Crippen molar-refractivity contribution in [2.45, 2.75) is 35.6 Å². The van der Waals surface area contributed by atoms with Crippen LogP contribution in [0.15, 0.2) is 78.0 Å². The van der Waals surface area contributed by atoms with Gasteiger partial charge in [0.25, 0.3) is 15.7 Å². The molecule has 1 aliphatic rings. The number of amides is 3. The van der Waals surface area contributed by atoms with Gasteiger partial charge in [-0.1, -0.05) is 12.1 Å². The molecule has 17 heteroatoms. The fourth-order valence-electron chi connectivity index (χ4n) is 3.70. The minimum absolute atomic E-state index is 0.0340. The summed E-state index contributed by atoms with van der Waals surface area (Å²) in [5, 5.41) is 16.6. The number of imide groups is 1. The number of aliphatic carboxylic acids is 1. The molecule has 2 N–H and O–H groups in total. The van der Waals surface area contributed by atoms with Crippen molar-refractivity contribution in [2.24, 2.45) is 0 Å². The quantitative estimate of drug-likeness (QED) is 0.307. The molecule has 0 bridgehead atoms. The Bertz CT molecular complexity index is 1550. The molecule has 0 aliphatic carbocycles. The lowest BCUT2D eigenvalue weighted by Crippen LogP contribution is -2.36. The Morgan fingerprint density at radius 1 is 0.857 bits per heavy atom. The summed E-state index contributed by atoms with van der Waals surface area (Å²) < 4.78 is 93.6. The number of phenolic OH excluding ortho intramolecular Hbond substituents is 1. The molecule has 0 saturated carbocycles. The molecule has 2 aromatic carbocycles. The van der Waals surface area contributed by atoms with Gasteiger partial charge in [-0.3, -0.25) is 9.78 Å². The highest BCUT2D eigenvalue weighted by Gasteiger charge is 2.48. The van der Waals surface area contributed by atoms with Gasteiger partial charge in [0.2, 0.25) is 0 Å². The molecule has 2 heterocycles. The number of hydrogen-bond donors (Lipinski definition) is 2. The first-order chi connectivity index (χ1) is 19.4. The number of anilines is 1. The number of carbonyl (C=O) groups is 3. The first-order valence-corrected chi connectivity index (χ1v) is 12.9. The fourth-order valence-corrected chi connectivity index (χ4v) is 4.46. The standard InChI is InChI=1S/C23H18F3N3O5S.C2HF3O2/c24-23(25,26)35(33,34)19-7-3-17(4-8-19)29-21(31)20(13-15-1-5-18(30)6-2-15)28(22(29)32)14-16-9-11-27-12-10-16;3-2(4,5)1(6)7/h1-12,20,30H,13-14H2;(H,6,7)/t20-;/m1./s1. The number of carboxylic acids is 1. The molecule has 224 valence electrons. The van der Waals surface area contributed by atoms with Crippen molar-refractivity contribution in [3.63, 3.8) is 0 Å². The maximum absolute atomic E-state index is 13.3. The molecule has 0 unspecified atom stereocenters. The monoisotopic (exact) mass is 619 g/mol. The maximum Gasteiger partial charge on any atom is 0.501 e. The molecular formula is C25H19F6N3O7S. The lowest BCUT2D eigenvalue weighted by atomic mass is 10.0. The Morgan fingerprint density at radius 2 is 1.38 bits per heavy atom. The Kier molecular flexibility index (Phi) is 9.14. The summed E-state index contributed by atoms with van der Waals surface area (Å²) in [6.07, 6.45) is -1.90. The van der Waals surface area contributed by atoms with Crippen molar-refractivity contribution in [3.8, 4) is 5.75 Å². The highest BCUT2D eigenvalue weighted by atomic mass is 32.2. The van der Waals surface area contributed by atoms with Crippen LogP contribution in [0, 0.1) is 0 Å². The van der Waals surface area contributed by atoms with Gasteiger partial charge in [0, 0.05) is 25.4 Å². The Labute approximate surface area is 233 Å². The van der Waals surface area contributed by atoms with Crippen molar-refractivity contribution in [2.75, 3.05) is 4.90 Å². The number of hydrogen-bond acceptors (Lipinski definition) is 7. The van der Waals surface area contributed by atoms with E-state index in [-0.39, 0.29) is 24.4 Å². The Morgan fingerprint density at radius 3 is 1.86 bits per heavy atom. The van der Waals surface area contributed by atoms with E-state index in [1.165, 1.54) is 29.4 Å². The molecule has 1 saturated heterocycles. The Hall–Kier alpha value is -4.67. The van der Waals surface area contributed by atoms with E-state index < -0.39 is 50.4 Å². The zero-order chi connectivity index (χ0) is 31.5. The van der Waals surface area contributed by atoms with Crippen molar-refractivity contribution >= 4 is 33.4 Å². The van der Waals surface area contributed by atoms with E-state index in [9.17, 15) is 49.5 Å². The number of aromatic nitrogens is 1. The highest BCUT2D eigenvalue weighted by molar-refractivity contribution is 7.92. The summed E-state index contributed by atoms with van der Waals surface area (Å²) in [4.78, 5) is 40.6. The van der Waals surface area contributed by atoms with Gasteiger partial charge in [-0.05, 0) is 59.7 Å². The largest absolute Gasteiger partial charge is 0.508 e. The average molecular weight is 619 g/mol. The smallest absolute Gasteiger partial charge is 0.501 e. The van der Waals surface area contributed by atoms with Crippen LogP contribution < -0.4 is 4.90 Å². The summed E-state index contributed by atoms with van der Waals surface area (Å²) in [5.41, 5.74) is -4.17. The van der Waals surface area contributed by atoms with E-state index in [1.807, 2.05) is 0 Å². The van der Waals surface area contributed by atoms with Crippen LogP contribution in [0.5, 0.6) is 5.75 Å². The second-order valence-electron chi connectivity index (χ2n) is 8.57. The summed E-state index contributed by atoms with van der Waals surface area (Å²) in [6, 6.07) is 11.2. The second-order valence-corrected chi connectivity index (χ2v) is 10.5. The molecule has 0 radical (unpaired) electrons. The summed E-state index contributed by atoms with van der Waals surface area (Å²) in [6.45, 7) is 0.0624. The van der Waals surface area contributed by atoms with Crippen LogP contribution in [-0.2, 0) is 32.4 Å². The molecule has 42 heavy (non-hydrogen) atoms. The topological polar surface area (TPSA) is 145 Å². The molecule has 1 fully saturated rings. The molecule has 0 spiro atoms. The van der Waals surface area contributed by atoms with Gasteiger partial charge in [-0.25, -0.2) is 22.9 Å². The second kappa shape index (κ2) is 12.1. The van der Waals surface area contributed by atoms with Crippen LogP contribution in [0.1, 0.15) is 11.1 Å². The SMILES string of the molecule is O=C(O)C(F)(F)F.O=C1[C@@H](Cc2ccc(O)cc2)N(Cc2ccncc2)C(=O)N1c1ccc(S(=O)(=O)C(F)(F)F)cc1. The predicted octanol–water partition coefficient (Wildman–Crippen LogP) is 4.29. The summed E-state index contributed by atoms with van der Waals surface area (Å²) in [5.74, 6) is -3.34. The minimum Gasteiger partial charge on any atom is -0.508 e. The van der Waals surface area contributed by atoms with Gasteiger partial charge in [-0.15, -0.1) is 0 Å². The zero-order valence-electron chi connectivity index (χ0n) is 20.9. The van der Waals surface area contributed by atoms with Crippen LogP contribution in [-0.4, -0.2) is 64.1 Å². The lowest BCUT2D eigenvalue weighted by molar-refractivity contribution is -0.192. The van der Waals surface area contributed by atoms with E-state index in [1.54, 1.807) is 24.3 Å². The lowest BCUT2D eigenvalue weighted by Gasteiger charge is -2.22. The molecule has 1 aliphatic heterocycles. The van der Waals surface area contributed by atoms with Crippen molar-refractivity contribution in [1.29, 1.82) is 0 Å². The number of carboxylic acid groups (broad SMARTS) is 1. The van der Waals surface area contributed by atoms with E-state index >= 15 is 0 Å². The summed E-state index contributed by atoms with van der Waals surface area (Å²) in [7, 11) is -5.58. The van der Waals surface area contributed by atoms with Gasteiger partial charge in [0.15, 0.2) is 0 Å². The number of carbonyl (C=O) groups excluding carboxylic acids is 2. The molecule has 1 aromatic heterocycles. The number of alkyl halides is 6.